The summed E-state index contributed by atoms with van der Waals surface area (Å²) in [7, 11) is 3.28. The molecule has 7 heteroatoms. The second-order valence-corrected chi connectivity index (χ2v) is 5.19. The Labute approximate surface area is 112 Å². The van der Waals surface area contributed by atoms with E-state index in [1.807, 2.05) is 0 Å². The number of methoxy groups -OCH3 is 1. The number of nitrogens with one attached hydrogen (secondary N) is 2. The Kier molecular flexibility index (Phi) is 7.07. The molecule has 1 atom stereocenters. The van der Waals surface area contributed by atoms with Crippen LogP contribution in [0.2, 0.25) is 0 Å². The predicted octanol–water partition coefficient (Wildman–Crippen LogP) is -0.740. The Hall–Kier alpha value is -0.790. The fourth-order valence-corrected chi connectivity index (χ4v) is 2.55. The molecule has 0 bridgehead atoms. The van der Waals surface area contributed by atoms with E-state index >= 15 is 0 Å². The predicted molar refractivity (Wildman–Crippen MR) is 71.4 cm³/mol. The molecule has 0 aromatic heterocycles. The van der Waals surface area contributed by atoms with Crippen LogP contribution >= 0.6 is 11.8 Å². The molecule has 1 unspecified atom stereocenters. The first-order valence-corrected chi connectivity index (χ1v) is 7.12. The van der Waals surface area contributed by atoms with E-state index in [0.29, 0.717) is 13.2 Å². The normalized spacial score (nSPS) is 18.7. The van der Waals surface area contributed by atoms with E-state index in [1.165, 1.54) is 4.90 Å². The van der Waals surface area contributed by atoms with Crippen molar-refractivity contribution in [3.63, 3.8) is 0 Å². The van der Waals surface area contributed by atoms with Gasteiger partial charge in [0.2, 0.25) is 11.8 Å². The van der Waals surface area contributed by atoms with Crippen LogP contribution in [0.1, 0.15) is 6.42 Å². The van der Waals surface area contributed by atoms with Gasteiger partial charge < -0.3 is 15.0 Å². The van der Waals surface area contributed by atoms with E-state index in [4.69, 9.17) is 4.74 Å². The number of hydrogen-bond donors (Lipinski definition) is 2. The summed E-state index contributed by atoms with van der Waals surface area (Å²) >= 11 is 1.69. The van der Waals surface area contributed by atoms with Crippen LogP contribution in [-0.2, 0) is 14.3 Å². The van der Waals surface area contributed by atoms with E-state index in [2.05, 4.69) is 10.6 Å². The smallest absolute Gasteiger partial charge is 0.240 e. The van der Waals surface area contributed by atoms with Crippen molar-refractivity contribution in [2.75, 3.05) is 45.5 Å². The molecule has 1 aliphatic heterocycles. The Morgan fingerprint density at radius 1 is 1.56 bits per heavy atom. The molecule has 104 valence electrons. The van der Waals surface area contributed by atoms with Crippen molar-refractivity contribution in [3.8, 4) is 0 Å². The van der Waals surface area contributed by atoms with Gasteiger partial charge in [-0.2, -0.15) is 0 Å². The molecular weight excluding hydrogens is 254 g/mol. The minimum atomic E-state index is -0.152. The molecule has 2 N–H and O–H groups in total. The average Bonchev–Trinajstić information content (AvgIpc) is 2.87. The summed E-state index contributed by atoms with van der Waals surface area (Å²) in [5.74, 6) is 1.42. The highest BCUT2D eigenvalue weighted by atomic mass is 32.2. The van der Waals surface area contributed by atoms with Crippen molar-refractivity contribution >= 4 is 23.6 Å². The Morgan fingerprint density at radius 3 is 2.94 bits per heavy atom. The SMILES string of the molecule is COCCCNC(=O)CN(C)C(=O)C1CSCN1. The van der Waals surface area contributed by atoms with Gasteiger partial charge in [0.05, 0.1) is 12.6 Å². The molecule has 1 fully saturated rings. The number of carbonyl (C=O) groups excluding carboxylic acids is 2. The van der Waals surface area contributed by atoms with Gasteiger partial charge in [0.15, 0.2) is 0 Å². The Morgan fingerprint density at radius 2 is 2.33 bits per heavy atom. The molecule has 0 radical (unpaired) electrons. The fraction of sp³-hybridized carbons (Fsp3) is 0.818. The van der Waals surface area contributed by atoms with Crippen molar-refractivity contribution in [2.24, 2.45) is 0 Å². The Bertz CT molecular complexity index is 283. The van der Waals surface area contributed by atoms with Crippen LogP contribution in [-0.4, -0.2) is 68.2 Å². The van der Waals surface area contributed by atoms with Crippen LogP contribution in [0.3, 0.4) is 0 Å². The van der Waals surface area contributed by atoms with E-state index in [0.717, 1.165) is 18.1 Å². The summed E-state index contributed by atoms with van der Waals surface area (Å²) in [6.45, 7) is 1.30. The highest BCUT2D eigenvalue weighted by Crippen LogP contribution is 2.11. The quantitative estimate of drug-likeness (QED) is 0.599. The number of amides is 2. The lowest BCUT2D eigenvalue weighted by Crippen LogP contribution is -2.46. The third kappa shape index (κ3) is 5.24. The summed E-state index contributed by atoms with van der Waals surface area (Å²) in [5, 5.41) is 5.85. The number of hydrogen-bond acceptors (Lipinski definition) is 5. The molecule has 1 rings (SSSR count). The lowest BCUT2D eigenvalue weighted by molar-refractivity contribution is -0.135. The van der Waals surface area contributed by atoms with Crippen molar-refractivity contribution < 1.29 is 14.3 Å². The number of carbonyl (C=O) groups is 2. The van der Waals surface area contributed by atoms with Gasteiger partial charge in [-0.3, -0.25) is 14.9 Å². The van der Waals surface area contributed by atoms with Crippen LogP contribution in [0, 0.1) is 0 Å². The zero-order valence-electron chi connectivity index (χ0n) is 10.9. The molecular formula is C11H21N3O3S. The van der Waals surface area contributed by atoms with Gasteiger partial charge in [-0.1, -0.05) is 0 Å². The zero-order chi connectivity index (χ0) is 13.4. The summed E-state index contributed by atoms with van der Waals surface area (Å²) < 4.78 is 4.88. The summed E-state index contributed by atoms with van der Waals surface area (Å²) in [6, 6.07) is -0.152. The standard InChI is InChI=1S/C11H21N3O3S/c1-14(11(16)9-7-18-8-13-9)6-10(15)12-4-3-5-17-2/h9,13H,3-8H2,1-2H3,(H,12,15). The van der Waals surface area contributed by atoms with Gasteiger partial charge in [0, 0.05) is 38.9 Å². The number of thioether (sulfide) groups is 1. The van der Waals surface area contributed by atoms with Crippen LogP contribution in [0.15, 0.2) is 0 Å². The molecule has 1 heterocycles. The first-order valence-electron chi connectivity index (χ1n) is 5.97. The summed E-state index contributed by atoms with van der Waals surface area (Å²) in [5.41, 5.74) is 0. The molecule has 6 nitrogen and oxygen atoms in total. The largest absolute Gasteiger partial charge is 0.385 e. The Balaban J connectivity index is 2.19. The number of likely N-dealkylation sites (N-methyl/N-ethyl adjacent to an activating group) is 1. The van der Waals surface area contributed by atoms with Gasteiger partial charge in [0.1, 0.15) is 0 Å². The second kappa shape index (κ2) is 8.34. The van der Waals surface area contributed by atoms with E-state index in [1.54, 1.807) is 25.9 Å². The average molecular weight is 275 g/mol. The van der Waals surface area contributed by atoms with Crippen LogP contribution in [0.25, 0.3) is 0 Å². The lowest BCUT2D eigenvalue weighted by atomic mass is 10.3. The summed E-state index contributed by atoms with van der Waals surface area (Å²) in [4.78, 5) is 24.9. The zero-order valence-corrected chi connectivity index (χ0v) is 11.7. The van der Waals surface area contributed by atoms with Crippen molar-refractivity contribution in [3.05, 3.63) is 0 Å². The molecule has 0 spiro atoms. The second-order valence-electron chi connectivity index (χ2n) is 4.16. The van der Waals surface area contributed by atoms with E-state index < -0.39 is 0 Å². The third-order valence-corrected chi connectivity index (χ3v) is 3.56. The summed E-state index contributed by atoms with van der Waals surface area (Å²) in [6.07, 6.45) is 0.778. The molecule has 1 saturated heterocycles. The maximum Gasteiger partial charge on any atom is 0.240 e. The van der Waals surface area contributed by atoms with Crippen molar-refractivity contribution in [1.82, 2.24) is 15.5 Å². The monoisotopic (exact) mass is 275 g/mol. The highest BCUT2D eigenvalue weighted by molar-refractivity contribution is 7.99. The number of ether oxygens (including phenoxy) is 1. The molecule has 0 aromatic rings. The maximum absolute atomic E-state index is 11.9. The molecule has 0 aromatic carbocycles. The molecule has 18 heavy (non-hydrogen) atoms. The third-order valence-electron chi connectivity index (χ3n) is 2.62. The van der Waals surface area contributed by atoms with Gasteiger partial charge in [-0.15, -0.1) is 11.8 Å². The van der Waals surface area contributed by atoms with Gasteiger partial charge in [0.25, 0.3) is 0 Å². The molecule has 2 amide bonds. The van der Waals surface area contributed by atoms with Crippen molar-refractivity contribution in [1.29, 1.82) is 0 Å². The fourth-order valence-electron chi connectivity index (χ4n) is 1.61. The van der Waals surface area contributed by atoms with Crippen LogP contribution < -0.4 is 10.6 Å². The topological polar surface area (TPSA) is 70.7 Å². The molecule has 0 aliphatic carbocycles. The van der Waals surface area contributed by atoms with Crippen LogP contribution in [0.5, 0.6) is 0 Å². The number of rotatable bonds is 7. The van der Waals surface area contributed by atoms with Crippen LogP contribution in [0.4, 0.5) is 0 Å². The van der Waals surface area contributed by atoms with Gasteiger partial charge in [-0.05, 0) is 6.42 Å². The van der Waals surface area contributed by atoms with E-state index in [9.17, 15) is 9.59 Å². The molecule has 1 aliphatic rings. The first-order chi connectivity index (χ1) is 8.65. The molecule has 0 saturated carbocycles. The lowest BCUT2D eigenvalue weighted by Gasteiger charge is -2.20. The first kappa shape index (κ1) is 15.3. The minimum absolute atomic E-state index is 0.0213. The maximum atomic E-state index is 11.9. The minimum Gasteiger partial charge on any atom is -0.385 e. The van der Waals surface area contributed by atoms with Crippen molar-refractivity contribution in [2.45, 2.75) is 12.5 Å². The highest BCUT2D eigenvalue weighted by Gasteiger charge is 2.26. The van der Waals surface area contributed by atoms with Gasteiger partial charge >= 0.3 is 0 Å². The van der Waals surface area contributed by atoms with E-state index in [-0.39, 0.29) is 24.4 Å². The number of nitrogens with zero attached hydrogens (tertiary/aromatic N) is 1. The van der Waals surface area contributed by atoms with Gasteiger partial charge in [-0.25, -0.2) is 0 Å².